The minimum Gasteiger partial charge on any atom is -0.477 e. The third-order valence-corrected chi connectivity index (χ3v) is 8.70. The minimum absolute atomic E-state index is 0.0655. The zero-order valence-corrected chi connectivity index (χ0v) is 22.8. The summed E-state index contributed by atoms with van der Waals surface area (Å²) >= 11 is 0. The lowest BCUT2D eigenvalue weighted by Gasteiger charge is -2.41. The van der Waals surface area contributed by atoms with Crippen molar-refractivity contribution in [2.24, 2.45) is 5.92 Å². The summed E-state index contributed by atoms with van der Waals surface area (Å²) in [5.74, 6) is -0.103. The average molecular weight is 583 g/mol. The van der Waals surface area contributed by atoms with Gasteiger partial charge in [-0.05, 0) is 62.3 Å². The number of benzene rings is 1. The Hall–Kier alpha value is -4.06. The minimum atomic E-state index is -4.84. The number of pyridine rings is 1. The van der Waals surface area contributed by atoms with Crippen LogP contribution in [0.15, 0.2) is 53.3 Å². The van der Waals surface area contributed by atoms with E-state index < -0.39 is 12.3 Å². The number of alkyl halides is 3. The largest absolute Gasteiger partial charge is 0.573 e. The number of fused-ring (bicyclic) bond motifs is 3. The fourth-order valence-corrected chi connectivity index (χ4v) is 6.70. The second kappa shape index (κ2) is 10.0. The molecule has 2 saturated heterocycles. The quantitative estimate of drug-likeness (QED) is 0.254. The van der Waals surface area contributed by atoms with Crippen molar-refractivity contribution in [1.29, 1.82) is 0 Å². The Morgan fingerprint density at radius 3 is 2.69 bits per heavy atom. The SMILES string of the molecule is C[C@@H]1CC2CC(OCc3c(-c4ccccc4OC(F)(F)F)noc3C3CC3)CC1N2c1ccc2ncc(C(=O)O)n2c1. The number of hydrogen-bond acceptors (Lipinski definition) is 7. The summed E-state index contributed by atoms with van der Waals surface area (Å²) < 4.78 is 57.5. The van der Waals surface area contributed by atoms with Crippen LogP contribution in [0.2, 0.25) is 0 Å². The maximum atomic E-state index is 13.1. The molecule has 1 N–H and O–H groups in total. The zero-order valence-electron chi connectivity index (χ0n) is 22.8. The molecule has 1 aliphatic carbocycles. The van der Waals surface area contributed by atoms with Gasteiger partial charge in [0.2, 0.25) is 0 Å². The van der Waals surface area contributed by atoms with Crippen LogP contribution in [0, 0.1) is 5.92 Å². The first kappa shape index (κ1) is 26.8. The first-order valence-electron chi connectivity index (χ1n) is 14.1. The van der Waals surface area contributed by atoms with Crippen molar-refractivity contribution in [1.82, 2.24) is 14.5 Å². The lowest BCUT2D eigenvalue weighted by Crippen LogP contribution is -2.46. The molecule has 4 aromatic rings. The van der Waals surface area contributed by atoms with E-state index in [1.54, 1.807) is 16.5 Å². The summed E-state index contributed by atoms with van der Waals surface area (Å²) in [7, 11) is 0. The van der Waals surface area contributed by atoms with Gasteiger partial charge in [-0.25, -0.2) is 9.78 Å². The summed E-state index contributed by atoms with van der Waals surface area (Å²) in [6, 6.07) is 10.2. The number of ether oxygens (including phenoxy) is 2. The van der Waals surface area contributed by atoms with Crippen molar-refractivity contribution in [2.45, 2.75) is 76.1 Å². The Kier molecular flexibility index (Phi) is 6.41. The van der Waals surface area contributed by atoms with Crippen LogP contribution in [0.4, 0.5) is 18.9 Å². The van der Waals surface area contributed by atoms with Crippen LogP contribution in [-0.4, -0.2) is 50.2 Å². The number of imidazole rings is 1. The van der Waals surface area contributed by atoms with Gasteiger partial charge in [-0.15, -0.1) is 13.2 Å². The second-order valence-corrected chi connectivity index (χ2v) is 11.5. The van der Waals surface area contributed by atoms with Crippen LogP contribution in [0.3, 0.4) is 0 Å². The van der Waals surface area contributed by atoms with Crippen LogP contribution in [0.5, 0.6) is 5.75 Å². The third kappa shape index (κ3) is 4.87. The smallest absolute Gasteiger partial charge is 0.477 e. The molecule has 42 heavy (non-hydrogen) atoms. The highest BCUT2D eigenvalue weighted by Gasteiger charge is 2.46. The van der Waals surface area contributed by atoms with Gasteiger partial charge >= 0.3 is 12.3 Å². The van der Waals surface area contributed by atoms with E-state index in [4.69, 9.17) is 9.26 Å². The number of aromatic nitrogens is 3. The lowest BCUT2D eigenvalue weighted by atomic mass is 9.96. The number of carbonyl (C=O) groups is 1. The van der Waals surface area contributed by atoms with E-state index >= 15 is 0 Å². The van der Waals surface area contributed by atoms with Gasteiger partial charge in [0, 0.05) is 35.3 Å². The summed E-state index contributed by atoms with van der Waals surface area (Å²) in [4.78, 5) is 18.2. The van der Waals surface area contributed by atoms with Gasteiger partial charge in [-0.2, -0.15) is 0 Å². The fraction of sp³-hybridized carbons (Fsp3) is 0.433. The monoisotopic (exact) mass is 582 g/mol. The van der Waals surface area contributed by atoms with Gasteiger partial charge in [0.15, 0.2) is 5.69 Å². The van der Waals surface area contributed by atoms with E-state index in [-0.39, 0.29) is 47.7 Å². The highest BCUT2D eigenvalue weighted by atomic mass is 19.4. The number of aromatic carboxylic acids is 1. The summed E-state index contributed by atoms with van der Waals surface area (Å²) in [6.45, 7) is 2.39. The van der Waals surface area contributed by atoms with E-state index in [9.17, 15) is 23.1 Å². The number of rotatable bonds is 8. The number of halogens is 3. The predicted octanol–water partition coefficient (Wildman–Crippen LogP) is 6.43. The Balaban J connectivity index is 1.12. The molecule has 7 rings (SSSR count). The molecular formula is C30H29F3N4O5. The number of carboxylic acid groups (broad SMARTS) is 1. The van der Waals surface area contributed by atoms with E-state index in [2.05, 4.69) is 26.7 Å². The molecule has 5 heterocycles. The molecule has 3 aliphatic rings. The molecular weight excluding hydrogens is 553 g/mol. The molecule has 3 unspecified atom stereocenters. The van der Waals surface area contributed by atoms with Crippen LogP contribution in [-0.2, 0) is 11.3 Å². The van der Waals surface area contributed by atoms with E-state index in [1.165, 1.54) is 18.3 Å². The molecule has 1 saturated carbocycles. The summed E-state index contributed by atoms with van der Waals surface area (Å²) in [6.07, 6.45) is 2.69. The van der Waals surface area contributed by atoms with Crippen molar-refractivity contribution in [2.75, 3.05) is 4.90 Å². The molecule has 2 bridgehead atoms. The Morgan fingerprint density at radius 2 is 1.95 bits per heavy atom. The number of nitrogens with zero attached hydrogens (tertiary/aromatic N) is 4. The van der Waals surface area contributed by atoms with Gasteiger partial charge in [0.25, 0.3) is 0 Å². The first-order chi connectivity index (χ1) is 20.2. The molecule has 2 aliphatic heterocycles. The second-order valence-electron chi connectivity index (χ2n) is 11.5. The maximum absolute atomic E-state index is 13.1. The number of hydrogen-bond donors (Lipinski definition) is 1. The molecule has 0 spiro atoms. The van der Waals surface area contributed by atoms with Gasteiger partial charge in [0.1, 0.15) is 22.9 Å². The highest BCUT2D eigenvalue weighted by Crippen LogP contribution is 2.47. The van der Waals surface area contributed by atoms with Crippen LogP contribution in [0.25, 0.3) is 16.9 Å². The van der Waals surface area contributed by atoms with Gasteiger partial charge in [-0.3, -0.25) is 4.40 Å². The standard InChI is InChI=1S/C30H29F3N4O5/c1-16-10-19-11-20(12-23(16)37(19)18-8-9-26-34-13-24(29(38)39)36(26)14-18)40-15-22-27(35-42-28(22)17-6-7-17)21-4-2-3-5-25(21)41-30(31,32)33/h2-5,8-9,13-14,16-17,19-20,23H,6-7,10-12,15H2,1H3,(H,38,39)/t16-,19?,20?,23?/m1/s1. The van der Waals surface area contributed by atoms with Crippen molar-refractivity contribution in [3.63, 3.8) is 0 Å². The van der Waals surface area contributed by atoms with E-state index in [1.807, 2.05) is 18.3 Å². The molecule has 0 amide bonds. The van der Waals surface area contributed by atoms with Gasteiger partial charge in [-0.1, -0.05) is 24.2 Å². The molecule has 4 atom stereocenters. The number of carboxylic acids is 1. The topological polar surface area (TPSA) is 102 Å². The maximum Gasteiger partial charge on any atom is 0.573 e. The van der Waals surface area contributed by atoms with Crippen molar-refractivity contribution in [3.8, 4) is 17.0 Å². The Morgan fingerprint density at radius 1 is 1.14 bits per heavy atom. The molecule has 3 fully saturated rings. The molecule has 3 aromatic heterocycles. The van der Waals surface area contributed by atoms with E-state index in [0.717, 1.165) is 37.8 Å². The zero-order chi connectivity index (χ0) is 29.2. The van der Waals surface area contributed by atoms with Crippen molar-refractivity contribution < 1.29 is 37.1 Å². The van der Waals surface area contributed by atoms with Crippen molar-refractivity contribution in [3.05, 3.63) is 65.8 Å². The number of para-hydroxylation sites is 1. The molecule has 1 aromatic carbocycles. The lowest BCUT2D eigenvalue weighted by molar-refractivity contribution is -0.274. The average Bonchev–Trinajstić information content (AvgIpc) is 3.49. The summed E-state index contributed by atoms with van der Waals surface area (Å²) in [5.41, 5.74) is 2.83. The molecule has 12 heteroatoms. The van der Waals surface area contributed by atoms with Crippen LogP contribution < -0.4 is 9.64 Å². The highest BCUT2D eigenvalue weighted by molar-refractivity contribution is 5.86. The first-order valence-corrected chi connectivity index (χ1v) is 14.1. The Bertz CT molecular complexity index is 1650. The summed E-state index contributed by atoms with van der Waals surface area (Å²) in [5, 5.41) is 13.7. The number of anilines is 1. The third-order valence-electron chi connectivity index (χ3n) is 8.70. The normalized spacial score (nSPS) is 24.0. The van der Waals surface area contributed by atoms with Crippen LogP contribution in [0.1, 0.15) is 66.8 Å². The van der Waals surface area contributed by atoms with Gasteiger partial charge < -0.3 is 24.0 Å². The van der Waals surface area contributed by atoms with Crippen LogP contribution >= 0.6 is 0 Å². The Labute approximate surface area is 238 Å². The fourth-order valence-electron chi connectivity index (χ4n) is 6.70. The molecule has 220 valence electrons. The van der Waals surface area contributed by atoms with E-state index in [0.29, 0.717) is 28.6 Å². The molecule has 9 nitrogen and oxygen atoms in total. The molecule has 0 radical (unpaired) electrons. The van der Waals surface area contributed by atoms with Crippen molar-refractivity contribution >= 4 is 17.3 Å². The number of piperidine rings is 1. The predicted molar refractivity (Wildman–Crippen MR) is 144 cm³/mol. The van der Waals surface area contributed by atoms with Gasteiger partial charge in [0.05, 0.1) is 24.6 Å².